The maximum Gasteiger partial charge on any atom is 0.410 e. The van der Waals surface area contributed by atoms with Crippen molar-refractivity contribution >= 4 is 17.7 Å². The van der Waals surface area contributed by atoms with Gasteiger partial charge in [-0.25, -0.2) is 9.78 Å². The van der Waals surface area contributed by atoms with Crippen LogP contribution in [0.25, 0.3) is 0 Å². The van der Waals surface area contributed by atoms with Gasteiger partial charge in [0.2, 0.25) is 0 Å². The second-order valence-corrected chi connectivity index (χ2v) is 12.3. The van der Waals surface area contributed by atoms with Crippen LogP contribution in [0.3, 0.4) is 0 Å². The lowest BCUT2D eigenvalue weighted by Crippen LogP contribution is -2.58. The number of likely N-dealkylation sites (tertiary alicyclic amines) is 1. The lowest BCUT2D eigenvalue weighted by molar-refractivity contribution is -0.163. The number of nitriles is 1. The van der Waals surface area contributed by atoms with E-state index >= 15 is 0 Å². The molecule has 1 aromatic heterocycles. The van der Waals surface area contributed by atoms with Crippen molar-refractivity contribution in [3.05, 3.63) is 23.9 Å². The van der Waals surface area contributed by atoms with E-state index in [-0.39, 0.29) is 23.7 Å². The zero-order valence-electron chi connectivity index (χ0n) is 21.2. The highest BCUT2D eigenvalue weighted by Gasteiger charge is 2.59. The summed E-state index contributed by atoms with van der Waals surface area (Å²) in [5, 5.41) is 12.3. The average Bonchev–Trinajstić information content (AvgIpc) is 3.35. The van der Waals surface area contributed by atoms with Crippen LogP contribution in [0.1, 0.15) is 82.6 Å². The molecule has 1 saturated heterocycles. The topological polar surface area (TPSA) is 95.3 Å². The smallest absolute Gasteiger partial charge is 0.410 e. The molecule has 7 heteroatoms. The minimum atomic E-state index is -0.202. The molecule has 4 bridgehead atoms. The summed E-state index contributed by atoms with van der Waals surface area (Å²) in [7, 11) is 0. The van der Waals surface area contributed by atoms with E-state index in [0.29, 0.717) is 48.1 Å². The molecule has 1 aliphatic heterocycles. The minimum Gasteiger partial charge on any atom is -0.446 e. The summed E-state index contributed by atoms with van der Waals surface area (Å²) in [5.41, 5.74) is 0.401. The van der Waals surface area contributed by atoms with Gasteiger partial charge in [-0.05, 0) is 74.3 Å². The second-order valence-electron chi connectivity index (χ2n) is 12.3. The van der Waals surface area contributed by atoms with Gasteiger partial charge in [-0.3, -0.25) is 4.79 Å². The third-order valence-electron chi connectivity index (χ3n) is 9.90. The molecule has 192 valence electrons. The highest BCUT2D eigenvalue weighted by atomic mass is 16.6. The van der Waals surface area contributed by atoms with Gasteiger partial charge in [0, 0.05) is 37.2 Å². The van der Waals surface area contributed by atoms with Gasteiger partial charge in [0.1, 0.15) is 23.8 Å². The van der Waals surface area contributed by atoms with Crippen LogP contribution < -0.4 is 5.32 Å². The molecular weight excluding hydrogens is 452 g/mol. The van der Waals surface area contributed by atoms with Gasteiger partial charge < -0.3 is 15.0 Å². The summed E-state index contributed by atoms with van der Waals surface area (Å²) in [4.78, 5) is 32.8. The molecule has 5 aliphatic carbocycles. The van der Waals surface area contributed by atoms with Crippen molar-refractivity contribution in [2.75, 3.05) is 18.4 Å². The van der Waals surface area contributed by atoms with Gasteiger partial charge in [-0.1, -0.05) is 32.1 Å². The average molecular weight is 491 g/mol. The fourth-order valence-electron chi connectivity index (χ4n) is 8.37. The SMILES string of the molecule is N#Cc1ccc(N[C@@H]2CCN(C(=O)OC3C4CC5CC3CC(C(=O)CC3CCCCC3)(C5)C4)C2)nc1. The fourth-order valence-corrected chi connectivity index (χ4v) is 8.37. The second kappa shape index (κ2) is 9.68. The first-order valence-corrected chi connectivity index (χ1v) is 14.1. The van der Waals surface area contributed by atoms with E-state index in [0.717, 1.165) is 50.8 Å². The fraction of sp³-hybridized carbons (Fsp3) is 0.724. The number of ketones is 1. The van der Waals surface area contributed by atoms with Gasteiger partial charge in [0.15, 0.2) is 0 Å². The Morgan fingerprint density at radius 2 is 1.89 bits per heavy atom. The summed E-state index contributed by atoms with van der Waals surface area (Å²) < 4.78 is 6.21. The molecule has 6 fully saturated rings. The molecule has 2 unspecified atom stereocenters. The number of hydrogen-bond acceptors (Lipinski definition) is 6. The van der Waals surface area contributed by atoms with Crippen molar-refractivity contribution in [1.29, 1.82) is 5.26 Å². The van der Waals surface area contributed by atoms with E-state index in [2.05, 4.69) is 16.4 Å². The highest BCUT2D eigenvalue weighted by molar-refractivity contribution is 5.85. The maximum absolute atomic E-state index is 13.6. The van der Waals surface area contributed by atoms with Crippen molar-refractivity contribution in [2.45, 2.75) is 89.2 Å². The van der Waals surface area contributed by atoms with Crippen molar-refractivity contribution < 1.29 is 14.3 Å². The van der Waals surface area contributed by atoms with Gasteiger partial charge in [-0.2, -0.15) is 5.26 Å². The number of carbonyl (C=O) groups is 2. The number of pyridine rings is 1. The van der Waals surface area contributed by atoms with E-state index < -0.39 is 0 Å². The number of nitrogens with zero attached hydrogens (tertiary/aromatic N) is 3. The van der Waals surface area contributed by atoms with Crippen molar-refractivity contribution in [3.8, 4) is 6.07 Å². The summed E-state index contributed by atoms with van der Waals surface area (Å²) in [5.74, 6) is 3.17. The monoisotopic (exact) mass is 490 g/mol. The lowest BCUT2D eigenvalue weighted by Gasteiger charge is -2.58. The Labute approximate surface area is 214 Å². The Hall–Kier alpha value is -2.62. The molecule has 0 radical (unpaired) electrons. The van der Waals surface area contributed by atoms with Crippen molar-refractivity contribution in [3.63, 3.8) is 0 Å². The molecule has 3 atom stereocenters. The van der Waals surface area contributed by atoms with E-state index in [4.69, 9.17) is 10.00 Å². The van der Waals surface area contributed by atoms with E-state index in [9.17, 15) is 9.59 Å². The quantitative estimate of drug-likeness (QED) is 0.581. The number of amides is 1. The highest BCUT2D eigenvalue weighted by Crippen LogP contribution is 2.61. The number of rotatable bonds is 6. The van der Waals surface area contributed by atoms with Crippen molar-refractivity contribution in [1.82, 2.24) is 9.88 Å². The summed E-state index contributed by atoms with van der Waals surface area (Å²) >= 11 is 0. The van der Waals surface area contributed by atoms with E-state index in [1.807, 2.05) is 4.90 Å². The first-order valence-electron chi connectivity index (χ1n) is 14.1. The van der Waals surface area contributed by atoms with Gasteiger partial charge >= 0.3 is 6.09 Å². The molecule has 0 aromatic carbocycles. The van der Waals surface area contributed by atoms with E-state index in [1.54, 1.807) is 18.3 Å². The predicted molar refractivity (Wildman–Crippen MR) is 135 cm³/mol. The normalized spacial score (nSPS) is 35.4. The van der Waals surface area contributed by atoms with Crippen LogP contribution in [0.15, 0.2) is 18.3 Å². The molecule has 1 amide bonds. The minimum absolute atomic E-state index is 0.0307. The first-order chi connectivity index (χ1) is 17.5. The van der Waals surface area contributed by atoms with Crippen LogP contribution in [-0.2, 0) is 9.53 Å². The number of nitrogens with one attached hydrogen (secondary N) is 1. The van der Waals surface area contributed by atoms with Crippen LogP contribution in [0.4, 0.5) is 10.6 Å². The Morgan fingerprint density at radius 3 is 2.58 bits per heavy atom. The number of carbonyl (C=O) groups excluding carboxylic acids is 2. The van der Waals surface area contributed by atoms with Crippen LogP contribution >= 0.6 is 0 Å². The van der Waals surface area contributed by atoms with Crippen molar-refractivity contribution in [2.24, 2.45) is 29.1 Å². The molecule has 5 saturated carbocycles. The molecular formula is C29H38N4O3. The zero-order chi connectivity index (χ0) is 24.7. The number of anilines is 1. The molecule has 36 heavy (non-hydrogen) atoms. The lowest BCUT2D eigenvalue weighted by atomic mass is 9.47. The van der Waals surface area contributed by atoms with Crippen LogP contribution in [0.5, 0.6) is 0 Å². The molecule has 1 N–H and O–H groups in total. The molecule has 7 nitrogen and oxygen atoms in total. The molecule has 6 aliphatic rings. The molecule has 7 rings (SSSR count). The van der Waals surface area contributed by atoms with Crippen LogP contribution in [-0.4, -0.2) is 47.0 Å². The number of hydrogen-bond donors (Lipinski definition) is 1. The Kier molecular flexibility index (Phi) is 6.39. The molecule has 1 aromatic rings. The number of Topliss-reactive ketones (excluding diaryl/α,β-unsaturated/α-hetero) is 1. The maximum atomic E-state index is 13.6. The predicted octanol–water partition coefficient (Wildman–Crippen LogP) is 5.31. The van der Waals surface area contributed by atoms with Gasteiger partial charge in [0.25, 0.3) is 0 Å². The zero-order valence-corrected chi connectivity index (χ0v) is 21.2. The summed E-state index contributed by atoms with van der Waals surface area (Å²) in [6.45, 7) is 1.26. The Morgan fingerprint density at radius 1 is 1.11 bits per heavy atom. The third kappa shape index (κ3) is 4.60. The number of aromatic nitrogens is 1. The molecule has 0 spiro atoms. The van der Waals surface area contributed by atoms with Gasteiger partial charge in [-0.15, -0.1) is 0 Å². The Balaban J connectivity index is 1.04. The first kappa shape index (κ1) is 23.8. The third-order valence-corrected chi connectivity index (χ3v) is 9.90. The standard InChI is InChI=1S/C29H38N4O3/c30-16-20-6-7-26(31-17-20)32-24-8-9-33(18-24)28(35)36-27-22-10-21-11-23(27)15-29(13-21,14-22)25(34)12-19-4-2-1-3-5-19/h6-7,17,19,21-24,27H,1-5,8-15,18H2,(H,31,32)/t21?,22?,23?,24-,27?,29?/m1/s1. The number of ether oxygens (including phenoxy) is 1. The summed E-state index contributed by atoms with van der Waals surface area (Å²) in [6.07, 6.45) is 14.5. The summed E-state index contributed by atoms with van der Waals surface area (Å²) in [6, 6.07) is 5.75. The van der Waals surface area contributed by atoms with E-state index in [1.165, 1.54) is 32.1 Å². The van der Waals surface area contributed by atoms with Crippen LogP contribution in [0, 0.1) is 40.4 Å². The van der Waals surface area contributed by atoms with Crippen LogP contribution in [0.2, 0.25) is 0 Å². The largest absolute Gasteiger partial charge is 0.446 e. The molecule has 2 heterocycles. The van der Waals surface area contributed by atoms with Gasteiger partial charge in [0.05, 0.1) is 5.56 Å². The Bertz CT molecular complexity index is 1010.